The molecular formula is C9H12ClNO. The highest BCUT2D eigenvalue weighted by Gasteiger charge is 2.03. The highest BCUT2D eigenvalue weighted by Crippen LogP contribution is 2.28. The number of nitrogen functional groups attached to an aromatic ring is 1. The Balaban J connectivity index is 3.05. The molecule has 2 N–H and O–H groups in total. The number of rotatable bonds is 2. The highest BCUT2D eigenvalue weighted by atomic mass is 35.5. The van der Waals surface area contributed by atoms with Gasteiger partial charge >= 0.3 is 0 Å². The largest absolute Gasteiger partial charge is 0.492 e. The van der Waals surface area contributed by atoms with Crippen LogP contribution < -0.4 is 10.5 Å². The lowest BCUT2D eigenvalue weighted by Gasteiger charge is -2.08. The van der Waals surface area contributed by atoms with Crippen LogP contribution in [0, 0.1) is 6.92 Å². The van der Waals surface area contributed by atoms with Gasteiger partial charge in [0.25, 0.3) is 0 Å². The first kappa shape index (κ1) is 9.20. The Kier molecular flexibility index (Phi) is 2.82. The molecule has 1 aromatic rings. The lowest BCUT2D eigenvalue weighted by molar-refractivity contribution is 0.342. The Hall–Kier alpha value is -0.890. The van der Waals surface area contributed by atoms with Crippen LogP contribution in [0.2, 0.25) is 5.02 Å². The van der Waals surface area contributed by atoms with Gasteiger partial charge in [0, 0.05) is 5.02 Å². The fourth-order valence-electron chi connectivity index (χ4n) is 0.951. The van der Waals surface area contributed by atoms with Crippen molar-refractivity contribution in [2.75, 3.05) is 12.3 Å². The van der Waals surface area contributed by atoms with Gasteiger partial charge in [0.1, 0.15) is 5.75 Å². The lowest BCUT2D eigenvalue weighted by Crippen LogP contribution is -1.97. The molecule has 1 aromatic carbocycles. The molecule has 0 aliphatic carbocycles. The molecule has 0 radical (unpaired) electrons. The van der Waals surface area contributed by atoms with Gasteiger partial charge in [-0.15, -0.1) is 0 Å². The van der Waals surface area contributed by atoms with Crippen molar-refractivity contribution < 1.29 is 4.74 Å². The molecule has 66 valence electrons. The Labute approximate surface area is 77.3 Å². The summed E-state index contributed by atoms with van der Waals surface area (Å²) in [6, 6.07) is 3.56. The van der Waals surface area contributed by atoms with Gasteiger partial charge in [0.05, 0.1) is 12.3 Å². The molecule has 1 rings (SSSR count). The van der Waals surface area contributed by atoms with Crippen molar-refractivity contribution in [3.8, 4) is 5.75 Å². The third-order valence-corrected chi connectivity index (χ3v) is 2.00. The van der Waals surface area contributed by atoms with Crippen LogP contribution >= 0.6 is 11.6 Å². The minimum atomic E-state index is 0.590. The van der Waals surface area contributed by atoms with E-state index in [2.05, 4.69) is 0 Å². The minimum absolute atomic E-state index is 0.590. The second-order valence-corrected chi connectivity index (χ2v) is 2.98. The van der Waals surface area contributed by atoms with Gasteiger partial charge in [-0.2, -0.15) is 0 Å². The Morgan fingerprint density at radius 2 is 2.17 bits per heavy atom. The molecule has 0 aliphatic rings. The van der Waals surface area contributed by atoms with Crippen molar-refractivity contribution in [1.82, 2.24) is 0 Å². The van der Waals surface area contributed by atoms with Crippen LogP contribution in [0.5, 0.6) is 5.75 Å². The van der Waals surface area contributed by atoms with Crippen molar-refractivity contribution in [2.24, 2.45) is 0 Å². The van der Waals surface area contributed by atoms with Gasteiger partial charge in [-0.3, -0.25) is 0 Å². The molecule has 0 aromatic heterocycles. The molecular weight excluding hydrogens is 174 g/mol. The molecule has 0 heterocycles. The van der Waals surface area contributed by atoms with E-state index in [1.165, 1.54) is 0 Å². The van der Waals surface area contributed by atoms with Crippen LogP contribution in [0.3, 0.4) is 0 Å². The van der Waals surface area contributed by atoms with Crippen LogP contribution in [-0.4, -0.2) is 6.61 Å². The fourth-order valence-corrected chi connectivity index (χ4v) is 1.12. The standard InChI is InChI=1S/C9H12ClNO/c1-3-12-9-4-6(2)7(10)5-8(9)11/h4-5H,3,11H2,1-2H3. The summed E-state index contributed by atoms with van der Waals surface area (Å²) < 4.78 is 5.29. The van der Waals surface area contributed by atoms with E-state index in [0.29, 0.717) is 23.1 Å². The van der Waals surface area contributed by atoms with Gasteiger partial charge in [-0.25, -0.2) is 0 Å². The van der Waals surface area contributed by atoms with Gasteiger partial charge in [0.2, 0.25) is 0 Å². The molecule has 0 fully saturated rings. The maximum Gasteiger partial charge on any atom is 0.142 e. The molecule has 0 atom stereocenters. The molecule has 12 heavy (non-hydrogen) atoms. The average Bonchev–Trinajstić information content (AvgIpc) is 2.01. The van der Waals surface area contributed by atoms with E-state index in [1.54, 1.807) is 6.07 Å². The molecule has 0 saturated heterocycles. The number of halogens is 1. The average molecular weight is 186 g/mol. The van der Waals surface area contributed by atoms with Crippen molar-refractivity contribution in [1.29, 1.82) is 0 Å². The fraction of sp³-hybridized carbons (Fsp3) is 0.333. The lowest BCUT2D eigenvalue weighted by atomic mass is 10.2. The third kappa shape index (κ3) is 1.83. The zero-order chi connectivity index (χ0) is 9.14. The van der Waals surface area contributed by atoms with Crippen molar-refractivity contribution >= 4 is 17.3 Å². The molecule has 3 heteroatoms. The number of ether oxygens (including phenoxy) is 1. The van der Waals surface area contributed by atoms with E-state index in [9.17, 15) is 0 Å². The second kappa shape index (κ2) is 3.68. The zero-order valence-corrected chi connectivity index (χ0v) is 7.98. The van der Waals surface area contributed by atoms with E-state index in [1.807, 2.05) is 19.9 Å². The van der Waals surface area contributed by atoms with E-state index in [4.69, 9.17) is 22.1 Å². The number of hydrogen-bond acceptors (Lipinski definition) is 2. The third-order valence-electron chi connectivity index (χ3n) is 1.59. The molecule has 0 bridgehead atoms. The summed E-state index contributed by atoms with van der Waals surface area (Å²) in [7, 11) is 0. The van der Waals surface area contributed by atoms with Crippen LogP contribution in [0.1, 0.15) is 12.5 Å². The number of anilines is 1. The van der Waals surface area contributed by atoms with E-state index in [0.717, 1.165) is 5.56 Å². The van der Waals surface area contributed by atoms with Crippen LogP contribution in [-0.2, 0) is 0 Å². The highest BCUT2D eigenvalue weighted by molar-refractivity contribution is 6.31. The molecule has 0 aliphatic heterocycles. The monoisotopic (exact) mass is 185 g/mol. The summed E-state index contributed by atoms with van der Waals surface area (Å²) >= 11 is 5.85. The first-order valence-electron chi connectivity index (χ1n) is 3.83. The second-order valence-electron chi connectivity index (χ2n) is 2.57. The number of benzene rings is 1. The smallest absolute Gasteiger partial charge is 0.142 e. The van der Waals surface area contributed by atoms with Gasteiger partial charge in [0.15, 0.2) is 0 Å². The van der Waals surface area contributed by atoms with Crippen LogP contribution in [0.25, 0.3) is 0 Å². The Bertz CT molecular complexity index is 286. The topological polar surface area (TPSA) is 35.2 Å². The number of nitrogens with two attached hydrogens (primary N) is 1. The predicted molar refractivity (Wildman–Crippen MR) is 51.8 cm³/mol. The van der Waals surface area contributed by atoms with E-state index < -0.39 is 0 Å². The summed E-state index contributed by atoms with van der Waals surface area (Å²) in [6.07, 6.45) is 0. The van der Waals surface area contributed by atoms with Crippen molar-refractivity contribution in [3.05, 3.63) is 22.7 Å². The van der Waals surface area contributed by atoms with Crippen molar-refractivity contribution in [3.63, 3.8) is 0 Å². The zero-order valence-electron chi connectivity index (χ0n) is 7.23. The maximum atomic E-state index is 5.85. The van der Waals surface area contributed by atoms with Gasteiger partial charge < -0.3 is 10.5 Å². The van der Waals surface area contributed by atoms with Crippen LogP contribution in [0.4, 0.5) is 5.69 Å². The quantitative estimate of drug-likeness (QED) is 0.719. The first-order chi connectivity index (χ1) is 5.65. The Morgan fingerprint density at radius 1 is 1.50 bits per heavy atom. The SMILES string of the molecule is CCOc1cc(C)c(Cl)cc1N. The van der Waals surface area contributed by atoms with Gasteiger partial charge in [-0.1, -0.05) is 11.6 Å². The first-order valence-corrected chi connectivity index (χ1v) is 4.21. The minimum Gasteiger partial charge on any atom is -0.492 e. The normalized spacial score (nSPS) is 9.92. The maximum absolute atomic E-state index is 5.85. The van der Waals surface area contributed by atoms with Crippen molar-refractivity contribution in [2.45, 2.75) is 13.8 Å². The summed E-state index contributed by atoms with van der Waals surface area (Å²) in [5.74, 6) is 0.708. The van der Waals surface area contributed by atoms with E-state index >= 15 is 0 Å². The molecule has 0 amide bonds. The number of aryl methyl sites for hydroxylation is 1. The predicted octanol–water partition coefficient (Wildman–Crippen LogP) is 2.63. The summed E-state index contributed by atoms with van der Waals surface area (Å²) in [5, 5.41) is 0.677. The van der Waals surface area contributed by atoms with Gasteiger partial charge in [-0.05, 0) is 31.5 Å². The summed E-state index contributed by atoms with van der Waals surface area (Å²) in [5.41, 5.74) is 7.24. The molecule has 0 unspecified atom stereocenters. The van der Waals surface area contributed by atoms with Crippen LogP contribution in [0.15, 0.2) is 12.1 Å². The molecule has 2 nitrogen and oxygen atoms in total. The summed E-state index contributed by atoms with van der Waals surface area (Å²) in [6.45, 7) is 4.46. The Morgan fingerprint density at radius 3 is 2.75 bits per heavy atom. The summed E-state index contributed by atoms with van der Waals surface area (Å²) in [4.78, 5) is 0. The molecule has 0 spiro atoms. The molecule has 0 saturated carbocycles. The van der Waals surface area contributed by atoms with E-state index in [-0.39, 0.29) is 0 Å². The number of hydrogen-bond donors (Lipinski definition) is 1.